The minimum absolute atomic E-state index is 0.206. The first kappa shape index (κ1) is 21.2. The number of carbonyl (C=O) groups excluding carboxylic acids is 2. The van der Waals surface area contributed by atoms with Crippen molar-refractivity contribution in [2.75, 3.05) is 6.26 Å². The maximum Gasteiger partial charge on any atom is 0.308 e. The van der Waals surface area contributed by atoms with Gasteiger partial charge in [0.25, 0.3) is 0 Å². The summed E-state index contributed by atoms with van der Waals surface area (Å²) < 4.78 is 30.0. The Labute approximate surface area is 164 Å². The predicted octanol–water partition coefficient (Wildman–Crippen LogP) is 3.90. The molecule has 0 fully saturated rings. The molecule has 2 atom stereocenters. The molecule has 0 aliphatic rings. The van der Waals surface area contributed by atoms with E-state index in [0.717, 1.165) is 17.3 Å². The lowest BCUT2D eigenvalue weighted by Crippen LogP contribution is -2.30. The highest BCUT2D eigenvalue weighted by Gasteiger charge is 2.35. The smallest absolute Gasteiger partial charge is 0.308 e. The van der Waals surface area contributed by atoms with Crippen molar-refractivity contribution in [2.45, 2.75) is 30.2 Å². The Balaban J connectivity index is 2.27. The SMILES string of the molecule is CSC(C(C)C(=O)c1ccc(OC(C)=O)cc1)S(=O)(=O)c1ccc(C)cc1. The minimum atomic E-state index is -3.67. The third-order valence-corrected chi connectivity index (χ3v) is 8.27. The van der Waals surface area contributed by atoms with Crippen LogP contribution in [0.2, 0.25) is 0 Å². The number of thioether (sulfide) groups is 1. The molecular formula is C20H22O5S2. The van der Waals surface area contributed by atoms with Gasteiger partial charge in [-0.15, -0.1) is 11.8 Å². The van der Waals surface area contributed by atoms with Gasteiger partial charge in [-0.2, -0.15) is 0 Å². The number of rotatable bonds is 7. The third-order valence-electron chi connectivity index (χ3n) is 4.11. The van der Waals surface area contributed by atoms with Crippen LogP contribution in [-0.4, -0.2) is 31.0 Å². The molecule has 2 aromatic carbocycles. The molecule has 0 N–H and O–H groups in total. The summed E-state index contributed by atoms with van der Waals surface area (Å²) in [6.07, 6.45) is 1.68. The van der Waals surface area contributed by atoms with Gasteiger partial charge in [-0.3, -0.25) is 9.59 Å². The first-order valence-corrected chi connectivity index (χ1v) is 11.2. The fourth-order valence-electron chi connectivity index (χ4n) is 2.70. The molecule has 2 aromatic rings. The summed E-state index contributed by atoms with van der Waals surface area (Å²) in [5, 5.41) is 0. The monoisotopic (exact) mass is 406 g/mol. The normalized spacial score (nSPS) is 13.6. The molecule has 5 nitrogen and oxygen atoms in total. The molecule has 0 aliphatic heterocycles. The van der Waals surface area contributed by atoms with E-state index < -0.39 is 26.3 Å². The lowest BCUT2D eigenvalue weighted by atomic mass is 10.0. The van der Waals surface area contributed by atoms with E-state index in [1.807, 2.05) is 6.92 Å². The highest BCUT2D eigenvalue weighted by molar-refractivity contribution is 8.13. The number of esters is 1. The summed E-state index contributed by atoms with van der Waals surface area (Å²) in [6, 6.07) is 12.7. The summed E-state index contributed by atoms with van der Waals surface area (Å²) in [5.74, 6) is -1.14. The zero-order valence-electron chi connectivity index (χ0n) is 15.6. The zero-order valence-corrected chi connectivity index (χ0v) is 17.3. The maximum atomic E-state index is 13.0. The first-order valence-electron chi connectivity index (χ1n) is 8.33. The molecule has 2 unspecified atom stereocenters. The van der Waals surface area contributed by atoms with Crippen molar-refractivity contribution in [3.63, 3.8) is 0 Å². The Morgan fingerprint density at radius 1 is 1.00 bits per heavy atom. The van der Waals surface area contributed by atoms with Crippen molar-refractivity contribution in [3.8, 4) is 5.75 Å². The van der Waals surface area contributed by atoms with E-state index in [1.165, 1.54) is 31.2 Å². The predicted molar refractivity (Wildman–Crippen MR) is 107 cm³/mol. The van der Waals surface area contributed by atoms with Crippen LogP contribution in [0.3, 0.4) is 0 Å². The number of carbonyl (C=O) groups is 2. The highest BCUT2D eigenvalue weighted by Crippen LogP contribution is 2.31. The number of ketones is 1. The van der Waals surface area contributed by atoms with Crippen LogP contribution in [0.4, 0.5) is 0 Å². The van der Waals surface area contributed by atoms with Crippen molar-refractivity contribution in [2.24, 2.45) is 5.92 Å². The van der Waals surface area contributed by atoms with Crippen LogP contribution in [0, 0.1) is 12.8 Å². The summed E-state index contributed by atoms with van der Waals surface area (Å²) in [5.41, 5.74) is 1.34. The van der Waals surface area contributed by atoms with Crippen molar-refractivity contribution < 1.29 is 22.7 Å². The number of benzene rings is 2. The molecule has 0 saturated heterocycles. The summed E-state index contributed by atoms with van der Waals surface area (Å²) >= 11 is 1.14. The molecule has 0 aromatic heterocycles. The van der Waals surface area contributed by atoms with Gasteiger partial charge in [-0.05, 0) is 49.6 Å². The number of sulfone groups is 1. The summed E-state index contributed by atoms with van der Waals surface area (Å²) in [6.45, 7) is 4.80. The van der Waals surface area contributed by atoms with Gasteiger partial charge in [0, 0.05) is 18.4 Å². The highest BCUT2D eigenvalue weighted by atomic mass is 32.3. The van der Waals surface area contributed by atoms with Crippen molar-refractivity contribution in [1.29, 1.82) is 0 Å². The third kappa shape index (κ3) is 4.99. The molecule has 7 heteroatoms. The number of aryl methyl sites for hydroxylation is 1. The van der Waals surface area contributed by atoms with E-state index in [1.54, 1.807) is 37.4 Å². The van der Waals surface area contributed by atoms with Crippen LogP contribution in [0.5, 0.6) is 5.75 Å². The van der Waals surface area contributed by atoms with Gasteiger partial charge in [0.1, 0.15) is 10.3 Å². The van der Waals surface area contributed by atoms with Crippen molar-refractivity contribution >= 4 is 33.4 Å². The number of Topliss-reactive ketones (excluding diaryl/α,β-unsaturated/α-hetero) is 1. The number of ether oxygens (including phenoxy) is 1. The lowest BCUT2D eigenvalue weighted by molar-refractivity contribution is -0.131. The fraction of sp³-hybridized carbons (Fsp3) is 0.300. The van der Waals surface area contributed by atoms with Crippen LogP contribution in [-0.2, 0) is 14.6 Å². The van der Waals surface area contributed by atoms with E-state index in [0.29, 0.717) is 11.3 Å². The molecule has 144 valence electrons. The standard InChI is InChI=1S/C20H22O5S2/c1-13-5-11-18(12-6-13)27(23,24)20(26-4)14(2)19(22)16-7-9-17(10-8-16)25-15(3)21/h5-12,14,20H,1-4H3. The second-order valence-corrected chi connectivity index (χ2v) is 9.58. The molecule has 0 saturated carbocycles. The van der Waals surface area contributed by atoms with E-state index in [-0.39, 0.29) is 10.7 Å². The Hall–Kier alpha value is -2.12. The molecule has 0 heterocycles. The molecule has 0 amide bonds. The maximum absolute atomic E-state index is 13.0. The van der Waals surface area contributed by atoms with Gasteiger partial charge in [0.2, 0.25) is 0 Å². The molecule has 0 bridgehead atoms. The summed E-state index contributed by atoms with van der Waals surface area (Å²) in [7, 11) is -3.67. The zero-order chi connectivity index (χ0) is 20.2. The van der Waals surface area contributed by atoms with Gasteiger partial charge in [-0.1, -0.05) is 24.6 Å². The van der Waals surface area contributed by atoms with Crippen LogP contribution in [0.1, 0.15) is 29.8 Å². The molecule has 0 spiro atoms. The number of hydrogen-bond donors (Lipinski definition) is 0. The van der Waals surface area contributed by atoms with Gasteiger partial charge in [0.05, 0.1) is 4.90 Å². The second kappa shape index (κ2) is 8.71. The van der Waals surface area contributed by atoms with Gasteiger partial charge in [-0.25, -0.2) is 8.42 Å². The van der Waals surface area contributed by atoms with Gasteiger partial charge in [0.15, 0.2) is 15.6 Å². The average molecular weight is 407 g/mol. The van der Waals surface area contributed by atoms with E-state index >= 15 is 0 Å². The average Bonchev–Trinajstić information content (AvgIpc) is 2.62. The quantitative estimate of drug-likeness (QED) is 0.394. The lowest BCUT2D eigenvalue weighted by Gasteiger charge is -2.21. The van der Waals surface area contributed by atoms with E-state index in [9.17, 15) is 18.0 Å². The van der Waals surface area contributed by atoms with Gasteiger partial charge >= 0.3 is 5.97 Å². The molecule has 2 rings (SSSR count). The van der Waals surface area contributed by atoms with E-state index in [2.05, 4.69) is 0 Å². The topological polar surface area (TPSA) is 77.5 Å². The van der Waals surface area contributed by atoms with Crippen molar-refractivity contribution in [1.82, 2.24) is 0 Å². The minimum Gasteiger partial charge on any atom is -0.427 e. The van der Waals surface area contributed by atoms with Crippen molar-refractivity contribution in [3.05, 3.63) is 59.7 Å². The second-order valence-electron chi connectivity index (χ2n) is 6.23. The Bertz CT molecular complexity index is 916. The Morgan fingerprint density at radius 2 is 1.56 bits per heavy atom. The van der Waals surface area contributed by atoms with Crippen LogP contribution < -0.4 is 4.74 Å². The fourth-order valence-corrected chi connectivity index (χ4v) is 6.02. The molecule has 27 heavy (non-hydrogen) atoms. The molecular weight excluding hydrogens is 384 g/mol. The van der Waals surface area contributed by atoms with Crippen LogP contribution >= 0.6 is 11.8 Å². The Kier molecular flexibility index (Phi) is 6.84. The van der Waals surface area contributed by atoms with E-state index in [4.69, 9.17) is 4.74 Å². The van der Waals surface area contributed by atoms with Crippen LogP contribution in [0.25, 0.3) is 0 Å². The molecule has 0 aliphatic carbocycles. The molecule has 0 radical (unpaired) electrons. The first-order chi connectivity index (χ1) is 12.7. The van der Waals surface area contributed by atoms with Crippen LogP contribution in [0.15, 0.2) is 53.4 Å². The summed E-state index contributed by atoms with van der Waals surface area (Å²) in [4.78, 5) is 24.0. The number of hydrogen-bond acceptors (Lipinski definition) is 6. The Morgan fingerprint density at radius 3 is 2.04 bits per heavy atom. The van der Waals surface area contributed by atoms with Gasteiger partial charge < -0.3 is 4.74 Å². The largest absolute Gasteiger partial charge is 0.427 e.